The molecule has 2 rings (SSSR count). The van der Waals surface area contributed by atoms with Gasteiger partial charge >= 0.3 is 0 Å². The Morgan fingerprint density at radius 2 is 2.14 bits per heavy atom. The molecular formula is C14H20Cl2N2O3S. The van der Waals surface area contributed by atoms with Crippen LogP contribution in [-0.2, 0) is 10.0 Å². The third-order valence-electron chi connectivity index (χ3n) is 3.81. The summed E-state index contributed by atoms with van der Waals surface area (Å²) in [4.78, 5) is 0. The first kappa shape index (κ1) is 17.8. The summed E-state index contributed by atoms with van der Waals surface area (Å²) in [5, 5.41) is 4.34. The topological polar surface area (TPSA) is 67.4 Å². The van der Waals surface area contributed by atoms with E-state index in [1.807, 2.05) is 6.07 Å². The molecule has 0 radical (unpaired) electrons. The van der Waals surface area contributed by atoms with E-state index in [4.69, 9.17) is 27.9 Å². The Kier molecular flexibility index (Phi) is 5.96. The van der Waals surface area contributed by atoms with Crippen molar-refractivity contribution >= 4 is 33.2 Å². The number of methoxy groups -OCH3 is 1. The zero-order chi connectivity index (χ0) is 16.3. The van der Waals surface area contributed by atoms with Gasteiger partial charge in [-0.3, -0.25) is 0 Å². The number of ether oxygens (including phenoxy) is 1. The van der Waals surface area contributed by atoms with Gasteiger partial charge in [0.2, 0.25) is 10.0 Å². The van der Waals surface area contributed by atoms with Crippen LogP contribution in [-0.4, -0.2) is 40.9 Å². The van der Waals surface area contributed by atoms with Gasteiger partial charge in [-0.05, 0) is 37.4 Å². The van der Waals surface area contributed by atoms with E-state index in [0.717, 1.165) is 37.0 Å². The second kappa shape index (κ2) is 7.36. The van der Waals surface area contributed by atoms with Crippen molar-refractivity contribution in [2.45, 2.75) is 24.8 Å². The Morgan fingerprint density at radius 1 is 1.41 bits per heavy atom. The lowest BCUT2D eigenvalue weighted by Gasteiger charge is -2.32. The van der Waals surface area contributed by atoms with Gasteiger partial charge in [0.15, 0.2) is 0 Å². The van der Waals surface area contributed by atoms with Gasteiger partial charge in [0.25, 0.3) is 0 Å². The monoisotopic (exact) mass is 366 g/mol. The standard InChI is InChI=1S/C14H20Cl2N2O3S/c1-21-12-4-3-11(15)14(16)13(12)9-5-6-17-10(7-9)8-18-22(2,19)20/h3-4,9-10,17-18H,5-8H2,1-2H3. The van der Waals surface area contributed by atoms with Crippen LogP contribution in [0.1, 0.15) is 24.3 Å². The predicted molar refractivity (Wildman–Crippen MR) is 89.6 cm³/mol. The first-order chi connectivity index (χ1) is 10.3. The molecule has 124 valence electrons. The second-order valence-electron chi connectivity index (χ2n) is 5.47. The highest BCUT2D eigenvalue weighted by molar-refractivity contribution is 7.88. The third-order valence-corrected chi connectivity index (χ3v) is 5.32. The van der Waals surface area contributed by atoms with E-state index < -0.39 is 10.0 Å². The van der Waals surface area contributed by atoms with Gasteiger partial charge in [-0.25, -0.2) is 13.1 Å². The molecule has 1 aliphatic heterocycles. The van der Waals surface area contributed by atoms with Gasteiger partial charge in [-0.2, -0.15) is 0 Å². The minimum absolute atomic E-state index is 0.0493. The molecule has 0 aliphatic carbocycles. The molecule has 2 N–H and O–H groups in total. The van der Waals surface area contributed by atoms with Crippen molar-refractivity contribution in [2.24, 2.45) is 0 Å². The molecule has 1 heterocycles. The Hall–Kier alpha value is -0.530. The minimum Gasteiger partial charge on any atom is -0.496 e. The van der Waals surface area contributed by atoms with E-state index in [-0.39, 0.29) is 12.0 Å². The average Bonchev–Trinajstić information content (AvgIpc) is 2.47. The Balaban J connectivity index is 2.17. The molecule has 1 aliphatic rings. The zero-order valence-corrected chi connectivity index (χ0v) is 14.9. The number of rotatable bonds is 5. The molecule has 0 aromatic heterocycles. The lowest BCUT2D eigenvalue weighted by atomic mass is 9.86. The number of benzene rings is 1. The number of nitrogens with one attached hydrogen (secondary N) is 2. The van der Waals surface area contributed by atoms with E-state index in [0.29, 0.717) is 16.6 Å². The molecule has 0 bridgehead atoms. The van der Waals surface area contributed by atoms with E-state index in [2.05, 4.69) is 10.0 Å². The summed E-state index contributed by atoms with van der Waals surface area (Å²) in [7, 11) is -1.59. The quantitative estimate of drug-likeness (QED) is 0.839. The van der Waals surface area contributed by atoms with E-state index in [9.17, 15) is 8.42 Å². The normalized spacial score (nSPS) is 22.5. The van der Waals surface area contributed by atoms with Gasteiger partial charge in [0, 0.05) is 18.2 Å². The summed E-state index contributed by atoms with van der Waals surface area (Å²) in [5.41, 5.74) is 0.905. The zero-order valence-electron chi connectivity index (χ0n) is 12.5. The summed E-state index contributed by atoms with van der Waals surface area (Å²) in [6.45, 7) is 1.14. The van der Waals surface area contributed by atoms with Crippen LogP contribution >= 0.6 is 23.2 Å². The average molecular weight is 367 g/mol. The molecule has 1 saturated heterocycles. The summed E-state index contributed by atoms with van der Waals surface area (Å²) in [6.07, 6.45) is 2.81. The second-order valence-corrected chi connectivity index (χ2v) is 8.09. The number of hydrogen-bond acceptors (Lipinski definition) is 4. The number of piperidine rings is 1. The molecule has 22 heavy (non-hydrogen) atoms. The molecule has 0 saturated carbocycles. The van der Waals surface area contributed by atoms with Crippen molar-refractivity contribution in [3.05, 3.63) is 27.7 Å². The van der Waals surface area contributed by atoms with Crippen molar-refractivity contribution < 1.29 is 13.2 Å². The van der Waals surface area contributed by atoms with E-state index in [1.165, 1.54) is 0 Å². The molecule has 0 spiro atoms. The maximum atomic E-state index is 11.2. The van der Waals surface area contributed by atoms with Crippen LogP contribution in [0.15, 0.2) is 12.1 Å². The van der Waals surface area contributed by atoms with Gasteiger partial charge in [-0.15, -0.1) is 0 Å². The number of halogens is 2. The van der Waals surface area contributed by atoms with Crippen molar-refractivity contribution in [1.82, 2.24) is 10.0 Å². The number of sulfonamides is 1. The largest absolute Gasteiger partial charge is 0.496 e. The SMILES string of the molecule is COc1ccc(Cl)c(Cl)c1C1CCNC(CNS(C)(=O)=O)C1. The van der Waals surface area contributed by atoms with Gasteiger partial charge in [-0.1, -0.05) is 23.2 Å². The highest BCUT2D eigenvalue weighted by Gasteiger charge is 2.28. The molecule has 8 heteroatoms. The smallest absolute Gasteiger partial charge is 0.208 e. The van der Waals surface area contributed by atoms with E-state index >= 15 is 0 Å². The fourth-order valence-corrected chi connectivity index (χ4v) is 3.76. The van der Waals surface area contributed by atoms with Crippen LogP contribution in [0, 0.1) is 0 Å². The molecular weight excluding hydrogens is 347 g/mol. The minimum atomic E-state index is -3.20. The van der Waals surface area contributed by atoms with Gasteiger partial charge in [0.05, 0.1) is 23.4 Å². The Bertz CT molecular complexity index is 637. The maximum absolute atomic E-state index is 11.2. The summed E-state index contributed by atoms with van der Waals surface area (Å²) in [5.74, 6) is 0.893. The fourth-order valence-electron chi connectivity index (χ4n) is 2.78. The number of hydrogen-bond donors (Lipinski definition) is 2. The first-order valence-electron chi connectivity index (χ1n) is 7.01. The Labute approximate surface area is 141 Å². The van der Waals surface area contributed by atoms with Gasteiger partial charge < -0.3 is 10.1 Å². The summed E-state index contributed by atoms with van der Waals surface area (Å²) < 4.78 is 30.4. The molecule has 2 atom stereocenters. The molecule has 5 nitrogen and oxygen atoms in total. The fraction of sp³-hybridized carbons (Fsp3) is 0.571. The van der Waals surface area contributed by atoms with Crippen LogP contribution in [0.2, 0.25) is 10.0 Å². The summed E-state index contributed by atoms with van der Waals surface area (Å²) in [6, 6.07) is 3.58. The van der Waals surface area contributed by atoms with Crippen LogP contribution in [0.25, 0.3) is 0 Å². The van der Waals surface area contributed by atoms with Crippen molar-refractivity contribution in [1.29, 1.82) is 0 Å². The molecule has 1 aromatic carbocycles. The molecule has 0 amide bonds. The van der Waals surface area contributed by atoms with E-state index in [1.54, 1.807) is 13.2 Å². The molecule has 1 fully saturated rings. The lowest BCUT2D eigenvalue weighted by Crippen LogP contribution is -2.45. The highest BCUT2D eigenvalue weighted by atomic mass is 35.5. The first-order valence-corrected chi connectivity index (χ1v) is 9.66. The van der Waals surface area contributed by atoms with Crippen LogP contribution in [0.3, 0.4) is 0 Å². The predicted octanol–water partition coefficient (Wildman–Crippen LogP) is 2.39. The lowest BCUT2D eigenvalue weighted by molar-refractivity contribution is 0.347. The maximum Gasteiger partial charge on any atom is 0.208 e. The Morgan fingerprint density at radius 3 is 2.77 bits per heavy atom. The third kappa shape index (κ3) is 4.49. The van der Waals surface area contributed by atoms with Crippen LogP contribution in [0.4, 0.5) is 0 Å². The molecule has 2 unspecified atom stereocenters. The van der Waals surface area contributed by atoms with Crippen molar-refractivity contribution in [3.8, 4) is 5.75 Å². The highest BCUT2D eigenvalue weighted by Crippen LogP contribution is 2.42. The van der Waals surface area contributed by atoms with Crippen LogP contribution in [0.5, 0.6) is 5.75 Å². The molecule has 1 aromatic rings. The van der Waals surface area contributed by atoms with Crippen molar-refractivity contribution in [3.63, 3.8) is 0 Å². The van der Waals surface area contributed by atoms with Crippen molar-refractivity contribution in [2.75, 3.05) is 26.5 Å². The van der Waals surface area contributed by atoms with Gasteiger partial charge in [0.1, 0.15) is 5.75 Å². The summed E-state index contributed by atoms with van der Waals surface area (Å²) >= 11 is 12.5. The van der Waals surface area contributed by atoms with Crippen LogP contribution < -0.4 is 14.8 Å².